The summed E-state index contributed by atoms with van der Waals surface area (Å²) < 4.78 is 37.5. The maximum atomic E-state index is 12.5. The summed E-state index contributed by atoms with van der Waals surface area (Å²) >= 11 is 5.72. The minimum Gasteiger partial charge on any atom is -0.308 e. The number of aromatic nitrogens is 1. The Morgan fingerprint density at radius 1 is 1.09 bits per heavy atom. The molecule has 8 heteroatoms. The van der Waals surface area contributed by atoms with Gasteiger partial charge < -0.3 is 10.6 Å². The molecule has 0 aliphatic carbocycles. The summed E-state index contributed by atoms with van der Waals surface area (Å²) in [4.78, 5) is 15.2. The number of anilines is 2. The lowest BCUT2D eigenvalue weighted by Crippen LogP contribution is -2.20. The molecule has 0 saturated carbocycles. The summed E-state index contributed by atoms with van der Waals surface area (Å²) in [6.45, 7) is 1.38. The molecule has 1 aromatic heterocycles. The molecule has 0 spiro atoms. The van der Waals surface area contributed by atoms with Gasteiger partial charge in [0.25, 0.3) is 0 Å². The van der Waals surface area contributed by atoms with Gasteiger partial charge in [0.1, 0.15) is 5.69 Å². The Morgan fingerprint density at radius 3 is 2.27 bits per heavy atom. The number of alkyl halides is 3. The van der Waals surface area contributed by atoms with Crippen LogP contribution >= 0.6 is 11.6 Å². The molecule has 0 fully saturated rings. The molecule has 116 valence electrons. The Bertz CT molecular complexity index is 687. The molecule has 0 unspecified atom stereocenters. The van der Waals surface area contributed by atoms with Crippen molar-refractivity contribution in [3.63, 3.8) is 0 Å². The highest BCUT2D eigenvalue weighted by atomic mass is 35.5. The van der Waals surface area contributed by atoms with Crippen molar-refractivity contribution in [2.24, 2.45) is 0 Å². The third-order valence-electron chi connectivity index (χ3n) is 2.73. The summed E-state index contributed by atoms with van der Waals surface area (Å²) in [5.74, 6) is 0. The first kappa shape index (κ1) is 16.1. The van der Waals surface area contributed by atoms with E-state index in [2.05, 4.69) is 15.6 Å². The second-order valence-electron chi connectivity index (χ2n) is 4.41. The Morgan fingerprint density at radius 2 is 1.73 bits per heavy atom. The summed E-state index contributed by atoms with van der Waals surface area (Å²) in [5.41, 5.74) is -0.242. The highest BCUT2D eigenvalue weighted by Crippen LogP contribution is 2.29. The monoisotopic (exact) mass is 329 g/mol. The van der Waals surface area contributed by atoms with Crippen molar-refractivity contribution in [1.29, 1.82) is 0 Å². The average Bonchev–Trinajstić information content (AvgIpc) is 2.42. The van der Waals surface area contributed by atoms with Crippen LogP contribution in [0.2, 0.25) is 5.02 Å². The quantitative estimate of drug-likeness (QED) is 0.838. The van der Waals surface area contributed by atoms with Crippen molar-refractivity contribution in [1.82, 2.24) is 4.98 Å². The third kappa shape index (κ3) is 4.11. The minimum atomic E-state index is -4.52. The van der Waals surface area contributed by atoms with Crippen molar-refractivity contribution in [3.05, 3.63) is 52.8 Å². The first-order chi connectivity index (χ1) is 10.3. The van der Waals surface area contributed by atoms with Crippen molar-refractivity contribution in [2.45, 2.75) is 13.1 Å². The van der Waals surface area contributed by atoms with Gasteiger partial charge in [0, 0.05) is 10.7 Å². The normalized spacial score (nSPS) is 11.1. The van der Waals surface area contributed by atoms with Crippen LogP contribution in [0.1, 0.15) is 11.4 Å². The van der Waals surface area contributed by atoms with Crippen LogP contribution in [0.25, 0.3) is 0 Å². The number of carbonyl (C=O) groups excluding carboxylic acids is 1. The standard InChI is InChI=1S/C14H11ClF3N3O/c1-8-11(6-7-12(19-8)14(16,17)18)21-13(22)20-10-4-2-9(15)3-5-10/h2-7H,1H3,(H2,20,21,22). The molecule has 2 N–H and O–H groups in total. The highest BCUT2D eigenvalue weighted by Gasteiger charge is 2.32. The predicted molar refractivity (Wildman–Crippen MR) is 78.1 cm³/mol. The van der Waals surface area contributed by atoms with Crippen LogP contribution in [0.3, 0.4) is 0 Å². The first-order valence-electron chi connectivity index (χ1n) is 6.14. The molecule has 1 heterocycles. The fraction of sp³-hybridized carbons (Fsp3) is 0.143. The Balaban J connectivity index is 2.07. The van der Waals surface area contributed by atoms with E-state index >= 15 is 0 Å². The number of benzene rings is 1. The summed E-state index contributed by atoms with van der Waals surface area (Å²) in [7, 11) is 0. The molecule has 22 heavy (non-hydrogen) atoms. The molecular formula is C14H11ClF3N3O. The lowest BCUT2D eigenvalue weighted by Gasteiger charge is -2.12. The van der Waals surface area contributed by atoms with Gasteiger partial charge in [0.15, 0.2) is 0 Å². The molecule has 0 aliphatic heterocycles. The van der Waals surface area contributed by atoms with E-state index in [-0.39, 0.29) is 11.4 Å². The fourth-order valence-electron chi connectivity index (χ4n) is 1.67. The Kier molecular flexibility index (Phi) is 4.56. The number of carbonyl (C=O) groups is 1. The van der Waals surface area contributed by atoms with Gasteiger partial charge in [-0.2, -0.15) is 13.2 Å². The minimum absolute atomic E-state index is 0.0704. The second-order valence-corrected chi connectivity index (χ2v) is 4.85. The smallest absolute Gasteiger partial charge is 0.308 e. The molecule has 0 aliphatic rings. The van der Waals surface area contributed by atoms with E-state index in [1.165, 1.54) is 6.92 Å². The molecule has 2 amide bonds. The Hall–Kier alpha value is -2.28. The zero-order valence-corrected chi connectivity index (χ0v) is 12.1. The summed E-state index contributed by atoms with van der Waals surface area (Å²) in [6.07, 6.45) is -4.52. The van der Waals surface area contributed by atoms with Crippen molar-refractivity contribution in [3.8, 4) is 0 Å². The SMILES string of the molecule is Cc1nc(C(F)(F)F)ccc1NC(=O)Nc1ccc(Cl)cc1. The van der Waals surface area contributed by atoms with E-state index in [0.29, 0.717) is 10.7 Å². The zero-order chi connectivity index (χ0) is 16.3. The maximum Gasteiger partial charge on any atom is 0.433 e. The number of halogens is 4. The molecule has 4 nitrogen and oxygen atoms in total. The summed E-state index contributed by atoms with van der Waals surface area (Å²) in [5, 5.41) is 5.49. The van der Waals surface area contributed by atoms with E-state index in [1.807, 2.05) is 0 Å². The molecule has 0 radical (unpaired) electrons. The number of nitrogens with one attached hydrogen (secondary N) is 2. The lowest BCUT2D eigenvalue weighted by atomic mass is 10.2. The summed E-state index contributed by atoms with van der Waals surface area (Å²) in [6, 6.07) is 7.77. The lowest BCUT2D eigenvalue weighted by molar-refractivity contribution is -0.141. The van der Waals surface area contributed by atoms with Gasteiger partial charge >= 0.3 is 12.2 Å². The van der Waals surface area contributed by atoms with Crippen LogP contribution < -0.4 is 10.6 Å². The van der Waals surface area contributed by atoms with E-state index in [0.717, 1.165) is 12.1 Å². The van der Waals surface area contributed by atoms with Crippen LogP contribution in [0, 0.1) is 6.92 Å². The van der Waals surface area contributed by atoms with E-state index in [1.54, 1.807) is 24.3 Å². The Labute approximate surface area is 129 Å². The van der Waals surface area contributed by atoms with Crippen molar-refractivity contribution in [2.75, 3.05) is 10.6 Å². The van der Waals surface area contributed by atoms with E-state index in [9.17, 15) is 18.0 Å². The topological polar surface area (TPSA) is 54.0 Å². The fourth-order valence-corrected chi connectivity index (χ4v) is 1.79. The number of hydrogen-bond donors (Lipinski definition) is 2. The number of rotatable bonds is 2. The third-order valence-corrected chi connectivity index (χ3v) is 2.98. The molecule has 0 atom stereocenters. The van der Waals surface area contributed by atoms with Gasteiger partial charge in [0.05, 0.1) is 11.4 Å². The van der Waals surface area contributed by atoms with E-state index in [4.69, 9.17) is 11.6 Å². The molecule has 0 bridgehead atoms. The average molecular weight is 330 g/mol. The number of pyridine rings is 1. The van der Waals surface area contributed by atoms with Gasteiger partial charge in [-0.25, -0.2) is 9.78 Å². The highest BCUT2D eigenvalue weighted by molar-refractivity contribution is 6.30. The number of aryl methyl sites for hydroxylation is 1. The van der Waals surface area contributed by atoms with Gasteiger partial charge in [0.2, 0.25) is 0 Å². The molecule has 2 rings (SSSR count). The largest absolute Gasteiger partial charge is 0.433 e. The number of amides is 2. The maximum absolute atomic E-state index is 12.5. The number of urea groups is 1. The second kappa shape index (κ2) is 6.23. The van der Waals surface area contributed by atoms with Crippen LogP contribution in [0.5, 0.6) is 0 Å². The van der Waals surface area contributed by atoms with Crippen LogP contribution in [-0.2, 0) is 6.18 Å². The number of hydrogen-bond acceptors (Lipinski definition) is 2. The van der Waals surface area contributed by atoms with Crippen LogP contribution in [-0.4, -0.2) is 11.0 Å². The molecule has 0 saturated heterocycles. The molecular weight excluding hydrogens is 319 g/mol. The van der Waals surface area contributed by atoms with Gasteiger partial charge in [-0.05, 0) is 43.3 Å². The zero-order valence-electron chi connectivity index (χ0n) is 11.3. The molecule has 1 aromatic carbocycles. The molecule has 2 aromatic rings. The predicted octanol–water partition coefficient (Wildman–Crippen LogP) is 4.71. The van der Waals surface area contributed by atoms with Gasteiger partial charge in [-0.3, -0.25) is 0 Å². The van der Waals surface area contributed by atoms with E-state index < -0.39 is 17.9 Å². The van der Waals surface area contributed by atoms with Crippen LogP contribution in [0.15, 0.2) is 36.4 Å². The van der Waals surface area contributed by atoms with Crippen molar-refractivity contribution < 1.29 is 18.0 Å². The first-order valence-corrected chi connectivity index (χ1v) is 6.52. The van der Waals surface area contributed by atoms with Gasteiger partial charge in [-0.15, -0.1) is 0 Å². The number of nitrogens with zero attached hydrogens (tertiary/aromatic N) is 1. The van der Waals surface area contributed by atoms with Gasteiger partial charge in [-0.1, -0.05) is 11.6 Å². The van der Waals surface area contributed by atoms with Crippen LogP contribution in [0.4, 0.5) is 29.3 Å². The van der Waals surface area contributed by atoms with Crippen molar-refractivity contribution >= 4 is 29.0 Å².